The van der Waals surface area contributed by atoms with Gasteiger partial charge in [0.05, 0.1) is 38.0 Å². The van der Waals surface area contributed by atoms with Gasteiger partial charge in [-0.1, -0.05) is 6.92 Å². The van der Waals surface area contributed by atoms with Crippen LogP contribution in [0.15, 0.2) is 0 Å². The molecule has 3 aliphatic heterocycles. The number of esters is 1. The number of aliphatic hydroxyl groups excluding tert-OH is 8. The molecule has 10 unspecified atom stereocenters. The number of aliphatic hydroxyl groups is 8. The van der Waals surface area contributed by atoms with Crippen LogP contribution >= 0.6 is 0 Å². The van der Waals surface area contributed by atoms with Crippen LogP contribution in [0.3, 0.4) is 0 Å². The molecule has 0 aromatic heterocycles. The highest BCUT2D eigenvalue weighted by Crippen LogP contribution is 2.37. The number of nitrogens with two attached hydrogens (primary N) is 2. The fourth-order valence-corrected chi connectivity index (χ4v) is 5.57. The predicted molar refractivity (Wildman–Crippen MR) is 149 cm³/mol. The zero-order chi connectivity index (χ0) is 35.2. The van der Waals surface area contributed by atoms with Crippen molar-refractivity contribution in [3.05, 3.63) is 0 Å². The smallest absolute Gasteiger partial charge is 0.364 e. The highest BCUT2D eigenvalue weighted by molar-refractivity contribution is 5.76. The number of ether oxygens (including phenoxy) is 7. The Hall–Kier alpha value is -1.74. The van der Waals surface area contributed by atoms with Crippen LogP contribution in [0, 0.1) is 0 Å². The van der Waals surface area contributed by atoms with Gasteiger partial charge in [-0.3, -0.25) is 4.79 Å². The molecule has 274 valence electrons. The Bertz CT molecular complexity index is 1020. The standard InChI is InChI=1S/C26H47N3O18/c1-3-29-14-15(35)20(12(8-31)43-22(14)41-5-4-27)44-23-17(37)16(36)18(38)24(45-23)47-26(25(39)40)6-10(33)13(28)21(46-26)19(11(34)7-30)42-9(2)32/h10-24,29-31,33-38H,3-8,27-28H2,1-2H3,(H,39,40)/t10?,11?,12?,13-,14?,15?,16?,17?,18-,19?,20+,21?,22-,23-,24?,26+/m1/s1. The number of nitrogens with one attached hydrogen (secondary N) is 1. The summed E-state index contributed by atoms with van der Waals surface area (Å²) in [7, 11) is 0. The van der Waals surface area contributed by atoms with Gasteiger partial charge in [0.25, 0.3) is 5.79 Å². The van der Waals surface area contributed by atoms with Crippen LogP contribution in [0.2, 0.25) is 0 Å². The molecule has 0 bridgehead atoms. The quantitative estimate of drug-likeness (QED) is 0.0710. The molecule has 16 atom stereocenters. The van der Waals surface area contributed by atoms with E-state index in [0.29, 0.717) is 6.54 Å². The van der Waals surface area contributed by atoms with Crippen LogP contribution < -0.4 is 16.8 Å². The van der Waals surface area contributed by atoms with Gasteiger partial charge < -0.3 is 95.9 Å². The van der Waals surface area contributed by atoms with Crippen LogP contribution in [0.1, 0.15) is 20.3 Å². The van der Waals surface area contributed by atoms with Crippen LogP contribution in [0.5, 0.6) is 0 Å². The molecule has 3 heterocycles. The Kier molecular flexibility index (Phi) is 14.6. The van der Waals surface area contributed by atoms with Gasteiger partial charge in [0.15, 0.2) is 25.0 Å². The molecule has 0 saturated carbocycles. The number of hydrogen-bond acceptors (Lipinski definition) is 20. The second kappa shape index (κ2) is 17.3. The maximum atomic E-state index is 12.6. The molecule has 21 heteroatoms. The zero-order valence-electron chi connectivity index (χ0n) is 25.8. The third-order valence-corrected chi connectivity index (χ3v) is 7.96. The Labute approximate surface area is 268 Å². The van der Waals surface area contributed by atoms with Crippen molar-refractivity contribution >= 4 is 11.9 Å². The van der Waals surface area contributed by atoms with Crippen molar-refractivity contribution in [1.82, 2.24) is 5.32 Å². The van der Waals surface area contributed by atoms with E-state index in [1.54, 1.807) is 6.92 Å². The Balaban J connectivity index is 1.90. The van der Waals surface area contributed by atoms with Gasteiger partial charge in [-0.15, -0.1) is 0 Å². The first-order chi connectivity index (χ1) is 22.2. The van der Waals surface area contributed by atoms with E-state index in [1.807, 2.05) is 0 Å². The molecule has 3 fully saturated rings. The summed E-state index contributed by atoms with van der Waals surface area (Å²) in [5, 5.41) is 96.9. The molecular formula is C26H47N3O18. The summed E-state index contributed by atoms with van der Waals surface area (Å²) in [4.78, 5) is 24.3. The number of carbonyl (C=O) groups is 2. The largest absolute Gasteiger partial charge is 0.477 e. The van der Waals surface area contributed by atoms with Gasteiger partial charge in [-0.2, -0.15) is 0 Å². The molecule has 3 aliphatic rings. The molecule has 14 N–H and O–H groups in total. The normalized spacial score (nSPS) is 42.4. The molecule has 0 amide bonds. The predicted octanol–water partition coefficient (Wildman–Crippen LogP) is -7.27. The van der Waals surface area contributed by atoms with Crippen molar-refractivity contribution in [3.63, 3.8) is 0 Å². The fraction of sp³-hybridized carbons (Fsp3) is 0.923. The molecule has 0 aromatic carbocycles. The van der Waals surface area contributed by atoms with E-state index in [1.165, 1.54) is 0 Å². The maximum Gasteiger partial charge on any atom is 0.364 e. The zero-order valence-corrected chi connectivity index (χ0v) is 25.8. The summed E-state index contributed by atoms with van der Waals surface area (Å²) in [6.45, 7) is 1.46. The molecule has 0 spiro atoms. The minimum absolute atomic E-state index is 0.0466. The van der Waals surface area contributed by atoms with Crippen LogP contribution in [-0.2, 0) is 42.7 Å². The topological polar surface area (TPSA) is 345 Å². The molecule has 47 heavy (non-hydrogen) atoms. The lowest BCUT2D eigenvalue weighted by atomic mass is 9.89. The molecule has 21 nitrogen and oxygen atoms in total. The number of carboxylic acid groups (broad SMARTS) is 1. The van der Waals surface area contributed by atoms with Crippen molar-refractivity contribution in [1.29, 1.82) is 0 Å². The second-order valence-corrected chi connectivity index (χ2v) is 11.3. The summed E-state index contributed by atoms with van der Waals surface area (Å²) < 4.78 is 38.7. The number of likely N-dealkylation sites (N-methyl/N-ethyl adjacent to an activating group) is 1. The Morgan fingerprint density at radius 2 is 1.68 bits per heavy atom. The number of hydrogen-bond donors (Lipinski definition) is 12. The monoisotopic (exact) mass is 689 g/mol. The molecular weight excluding hydrogens is 642 g/mol. The van der Waals surface area contributed by atoms with E-state index < -0.39 is 129 Å². The molecule has 3 saturated heterocycles. The summed E-state index contributed by atoms with van der Waals surface area (Å²) in [5.74, 6) is -5.86. The minimum Gasteiger partial charge on any atom is -0.477 e. The number of aliphatic carboxylic acids is 1. The summed E-state index contributed by atoms with van der Waals surface area (Å²) >= 11 is 0. The van der Waals surface area contributed by atoms with Gasteiger partial charge in [0, 0.05) is 19.9 Å². The van der Waals surface area contributed by atoms with E-state index in [9.17, 15) is 55.5 Å². The summed E-state index contributed by atoms with van der Waals surface area (Å²) in [6.07, 6.45) is -24.0. The first kappa shape index (κ1) is 39.7. The Morgan fingerprint density at radius 3 is 2.23 bits per heavy atom. The van der Waals surface area contributed by atoms with Crippen molar-refractivity contribution in [2.24, 2.45) is 11.5 Å². The van der Waals surface area contributed by atoms with Crippen molar-refractivity contribution in [2.75, 3.05) is 32.9 Å². The fourth-order valence-electron chi connectivity index (χ4n) is 5.57. The lowest BCUT2D eigenvalue weighted by Crippen LogP contribution is -2.70. The lowest BCUT2D eigenvalue weighted by molar-refractivity contribution is -0.417. The van der Waals surface area contributed by atoms with E-state index in [4.69, 9.17) is 44.6 Å². The molecule has 0 radical (unpaired) electrons. The number of rotatable bonds is 15. The highest BCUT2D eigenvalue weighted by Gasteiger charge is 2.59. The summed E-state index contributed by atoms with van der Waals surface area (Å²) in [6, 6.07) is -2.45. The van der Waals surface area contributed by atoms with Crippen molar-refractivity contribution in [3.8, 4) is 0 Å². The third-order valence-electron chi connectivity index (χ3n) is 7.96. The molecule has 0 aliphatic carbocycles. The maximum absolute atomic E-state index is 12.6. The summed E-state index contributed by atoms with van der Waals surface area (Å²) in [5.41, 5.74) is 11.5. The first-order valence-corrected chi connectivity index (χ1v) is 15.0. The number of carboxylic acids is 1. The third kappa shape index (κ3) is 8.90. The van der Waals surface area contributed by atoms with Gasteiger partial charge in [-0.05, 0) is 6.54 Å². The van der Waals surface area contributed by atoms with Crippen LogP contribution in [0.25, 0.3) is 0 Å². The number of carbonyl (C=O) groups excluding carboxylic acids is 1. The van der Waals surface area contributed by atoms with Crippen LogP contribution in [-0.4, -0.2) is 189 Å². The average molecular weight is 690 g/mol. The van der Waals surface area contributed by atoms with Gasteiger partial charge >= 0.3 is 11.9 Å². The van der Waals surface area contributed by atoms with Gasteiger partial charge in [-0.25, -0.2) is 4.79 Å². The molecule has 0 aromatic rings. The first-order valence-electron chi connectivity index (χ1n) is 15.0. The van der Waals surface area contributed by atoms with Crippen molar-refractivity contribution in [2.45, 2.75) is 118 Å². The van der Waals surface area contributed by atoms with Crippen molar-refractivity contribution < 1.29 is 88.7 Å². The molecule has 3 rings (SSSR count). The SMILES string of the molecule is CCNC1C(O)[C@@H](O[C@@H]2OC(O[C@]3(C(=O)O)CC(O)[C@@H](N)C(C(OC(C)=O)C(O)CO)O3)[C@H](O)C(O)C2O)C(CO)O[C@H]1OCCN. The van der Waals surface area contributed by atoms with E-state index in [-0.39, 0.29) is 13.2 Å². The van der Waals surface area contributed by atoms with Gasteiger partial charge in [0.1, 0.15) is 48.8 Å². The average Bonchev–Trinajstić information content (AvgIpc) is 3.03. The highest BCUT2D eigenvalue weighted by atomic mass is 16.8. The van der Waals surface area contributed by atoms with E-state index in [0.717, 1.165) is 6.92 Å². The Morgan fingerprint density at radius 1 is 1.02 bits per heavy atom. The minimum atomic E-state index is -2.96. The van der Waals surface area contributed by atoms with E-state index in [2.05, 4.69) is 5.32 Å². The van der Waals surface area contributed by atoms with E-state index >= 15 is 0 Å². The van der Waals surface area contributed by atoms with Crippen LogP contribution in [0.4, 0.5) is 0 Å². The second-order valence-electron chi connectivity index (χ2n) is 11.3. The van der Waals surface area contributed by atoms with Gasteiger partial charge in [0.2, 0.25) is 0 Å². The lowest BCUT2D eigenvalue weighted by Gasteiger charge is -2.49.